The molecule has 0 saturated carbocycles. The van der Waals surface area contributed by atoms with Crippen molar-refractivity contribution >= 4 is 0 Å². The van der Waals surface area contributed by atoms with E-state index < -0.39 is 18.8 Å². The van der Waals surface area contributed by atoms with Crippen LogP contribution in [0.3, 0.4) is 0 Å². The fraction of sp³-hybridized carbons (Fsp3) is 0.750. The minimum absolute atomic E-state index is 0.484. The minimum Gasteiger partial charge on any atom is -0.311 e. The SMILES string of the molecule is FC1(F)O[CH]COC1(F)F. The largest absolute Gasteiger partial charge is 0.448 e. The molecule has 59 valence electrons. The van der Waals surface area contributed by atoms with Gasteiger partial charge in [0.15, 0.2) is 0 Å². The van der Waals surface area contributed by atoms with E-state index in [0.717, 1.165) is 0 Å². The van der Waals surface area contributed by atoms with Crippen LogP contribution in [0.15, 0.2) is 0 Å². The molecule has 1 fully saturated rings. The van der Waals surface area contributed by atoms with E-state index in [2.05, 4.69) is 9.47 Å². The van der Waals surface area contributed by atoms with Gasteiger partial charge in [-0.25, -0.2) is 0 Å². The highest BCUT2D eigenvalue weighted by molar-refractivity contribution is 4.74. The van der Waals surface area contributed by atoms with Gasteiger partial charge in [-0.3, -0.25) is 0 Å². The highest BCUT2D eigenvalue weighted by atomic mass is 19.3. The molecule has 0 aromatic heterocycles. The Hall–Kier alpha value is -0.360. The van der Waals surface area contributed by atoms with E-state index in [-0.39, 0.29) is 0 Å². The van der Waals surface area contributed by atoms with Crippen LogP contribution in [0.2, 0.25) is 0 Å². The van der Waals surface area contributed by atoms with Gasteiger partial charge >= 0.3 is 12.2 Å². The molecule has 0 unspecified atom stereocenters. The fourth-order valence-corrected chi connectivity index (χ4v) is 0.430. The zero-order chi connectivity index (χ0) is 7.83. The first-order valence-corrected chi connectivity index (χ1v) is 2.35. The normalized spacial score (nSPS) is 30.0. The third-order valence-electron chi connectivity index (χ3n) is 0.903. The Balaban J connectivity index is 2.70. The lowest BCUT2D eigenvalue weighted by atomic mass is 10.5. The highest BCUT2D eigenvalue weighted by Crippen LogP contribution is 2.39. The van der Waals surface area contributed by atoms with E-state index in [1.54, 1.807) is 0 Å². The summed E-state index contributed by atoms with van der Waals surface area (Å²) < 4.78 is 54.2. The van der Waals surface area contributed by atoms with Gasteiger partial charge in [-0.2, -0.15) is 17.6 Å². The van der Waals surface area contributed by atoms with Crippen molar-refractivity contribution in [2.45, 2.75) is 12.2 Å². The Morgan fingerprint density at radius 2 is 1.70 bits per heavy atom. The molecule has 0 spiro atoms. The van der Waals surface area contributed by atoms with E-state index in [9.17, 15) is 17.6 Å². The molecule has 6 heteroatoms. The van der Waals surface area contributed by atoms with E-state index in [1.165, 1.54) is 0 Å². The molecule has 0 aromatic rings. The van der Waals surface area contributed by atoms with Crippen molar-refractivity contribution in [1.82, 2.24) is 0 Å². The zero-order valence-electron chi connectivity index (χ0n) is 4.61. The van der Waals surface area contributed by atoms with Crippen LogP contribution in [-0.2, 0) is 9.47 Å². The summed E-state index contributed by atoms with van der Waals surface area (Å²) in [5.41, 5.74) is 0. The quantitative estimate of drug-likeness (QED) is 0.497. The monoisotopic (exact) mass is 159 g/mol. The van der Waals surface area contributed by atoms with Gasteiger partial charge in [0.05, 0.1) is 6.61 Å². The van der Waals surface area contributed by atoms with Crippen LogP contribution in [0.5, 0.6) is 0 Å². The van der Waals surface area contributed by atoms with Crippen LogP contribution >= 0.6 is 0 Å². The molecule has 2 nitrogen and oxygen atoms in total. The lowest BCUT2D eigenvalue weighted by Gasteiger charge is -2.29. The van der Waals surface area contributed by atoms with Crippen LogP contribution in [0.1, 0.15) is 0 Å². The average Bonchev–Trinajstić information content (AvgIpc) is 1.77. The molecule has 1 heterocycles. The summed E-state index contributed by atoms with van der Waals surface area (Å²) in [7, 11) is 0. The second-order valence-corrected chi connectivity index (χ2v) is 1.63. The smallest absolute Gasteiger partial charge is 0.311 e. The molecule has 0 bridgehead atoms. The van der Waals surface area contributed by atoms with Crippen LogP contribution in [0.4, 0.5) is 17.6 Å². The maximum atomic E-state index is 11.9. The van der Waals surface area contributed by atoms with Gasteiger partial charge in [-0.05, 0) is 0 Å². The molecule has 0 aliphatic carbocycles. The number of hydrogen-bond acceptors (Lipinski definition) is 2. The van der Waals surface area contributed by atoms with Gasteiger partial charge in [-0.1, -0.05) is 0 Å². The van der Waals surface area contributed by atoms with Crippen molar-refractivity contribution in [3.63, 3.8) is 0 Å². The molecule has 0 aromatic carbocycles. The maximum Gasteiger partial charge on any atom is 0.448 e. The summed E-state index contributed by atoms with van der Waals surface area (Å²) in [6, 6.07) is 0. The van der Waals surface area contributed by atoms with Gasteiger partial charge in [0.2, 0.25) is 0 Å². The maximum absolute atomic E-state index is 11.9. The Morgan fingerprint density at radius 1 is 1.10 bits per heavy atom. The van der Waals surface area contributed by atoms with E-state index in [0.29, 0.717) is 6.61 Å². The van der Waals surface area contributed by atoms with E-state index in [1.807, 2.05) is 0 Å². The zero-order valence-corrected chi connectivity index (χ0v) is 4.61. The summed E-state index contributed by atoms with van der Waals surface area (Å²) in [6.07, 6.45) is -9.05. The van der Waals surface area contributed by atoms with Gasteiger partial charge in [-0.15, -0.1) is 0 Å². The summed E-state index contributed by atoms with van der Waals surface area (Å²) in [6.45, 7) is -0.153. The van der Waals surface area contributed by atoms with Crippen LogP contribution < -0.4 is 0 Å². The molecule has 1 saturated heterocycles. The molecule has 1 rings (SSSR count). The highest BCUT2D eigenvalue weighted by Gasteiger charge is 2.62. The molecular weight excluding hydrogens is 156 g/mol. The number of ether oxygens (including phenoxy) is 2. The summed E-state index contributed by atoms with van der Waals surface area (Å²) in [5.74, 6) is 0. The van der Waals surface area contributed by atoms with Crippen molar-refractivity contribution in [2.24, 2.45) is 0 Å². The molecule has 0 atom stereocenters. The molecule has 10 heavy (non-hydrogen) atoms. The number of rotatable bonds is 0. The molecule has 0 amide bonds. The second-order valence-electron chi connectivity index (χ2n) is 1.63. The first-order chi connectivity index (χ1) is 4.46. The topological polar surface area (TPSA) is 18.5 Å². The lowest BCUT2D eigenvalue weighted by Crippen LogP contribution is -2.48. The molecule has 1 radical (unpaired) electrons. The van der Waals surface area contributed by atoms with Crippen molar-refractivity contribution < 1.29 is 27.0 Å². The minimum atomic E-state index is -4.54. The van der Waals surface area contributed by atoms with Gasteiger partial charge in [0.25, 0.3) is 0 Å². The number of alkyl halides is 4. The van der Waals surface area contributed by atoms with Crippen molar-refractivity contribution in [3.05, 3.63) is 6.61 Å². The lowest BCUT2D eigenvalue weighted by molar-refractivity contribution is -0.446. The average molecular weight is 159 g/mol. The first kappa shape index (κ1) is 7.74. The van der Waals surface area contributed by atoms with Crippen LogP contribution in [-0.4, -0.2) is 18.8 Å². The van der Waals surface area contributed by atoms with Crippen LogP contribution in [0, 0.1) is 6.61 Å². The predicted octanol–water partition coefficient (Wildman–Crippen LogP) is 1.38. The van der Waals surface area contributed by atoms with Crippen molar-refractivity contribution in [1.29, 1.82) is 0 Å². The number of hydrogen-bond donors (Lipinski definition) is 0. The summed E-state index contributed by atoms with van der Waals surface area (Å²) >= 11 is 0. The van der Waals surface area contributed by atoms with Crippen LogP contribution in [0.25, 0.3) is 0 Å². The Bertz CT molecular complexity index is 119. The summed E-state index contributed by atoms with van der Waals surface area (Å²) in [5, 5.41) is 0. The Morgan fingerprint density at radius 3 is 2.00 bits per heavy atom. The Labute approximate surface area is 53.7 Å². The van der Waals surface area contributed by atoms with E-state index in [4.69, 9.17) is 0 Å². The summed E-state index contributed by atoms with van der Waals surface area (Å²) in [4.78, 5) is 0. The van der Waals surface area contributed by atoms with Gasteiger partial charge < -0.3 is 9.47 Å². The molecule has 1 aliphatic heterocycles. The predicted molar refractivity (Wildman–Crippen MR) is 21.2 cm³/mol. The third kappa shape index (κ3) is 1.08. The molecule has 0 N–H and O–H groups in total. The third-order valence-corrected chi connectivity index (χ3v) is 0.903. The van der Waals surface area contributed by atoms with Gasteiger partial charge in [0, 0.05) is 0 Å². The van der Waals surface area contributed by atoms with Crippen molar-refractivity contribution in [3.8, 4) is 0 Å². The van der Waals surface area contributed by atoms with Crippen molar-refractivity contribution in [2.75, 3.05) is 6.61 Å². The van der Waals surface area contributed by atoms with Gasteiger partial charge in [0.1, 0.15) is 6.61 Å². The second kappa shape index (κ2) is 2.06. The number of halogens is 4. The molecular formula is C4H3F4O2. The molecule has 1 aliphatic rings. The Kier molecular flexibility index (Phi) is 1.60. The first-order valence-electron chi connectivity index (χ1n) is 2.35. The standard InChI is InChI=1S/C4H3F4O2/c5-3(6)4(7,8)10-2-1-9-3/h1H,2H2. The fourth-order valence-electron chi connectivity index (χ4n) is 0.430. The van der Waals surface area contributed by atoms with E-state index >= 15 is 0 Å².